The van der Waals surface area contributed by atoms with E-state index in [9.17, 15) is 18.5 Å². The fourth-order valence-corrected chi connectivity index (χ4v) is 3.31. The van der Waals surface area contributed by atoms with Crippen molar-refractivity contribution < 1.29 is 13.3 Å². The SMILES string of the molecule is Cc1ccc(S(=O)(=O)N/N=C/C2CCCCC2)cc1[N+](=O)[O-]. The molecule has 0 unspecified atom stereocenters. The Bertz CT molecular complexity index is 679. The molecule has 8 heteroatoms. The minimum absolute atomic E-state index is 0.161. The summed E-state index contributed by atoms with van der Waals surface area (Å²) in [6.07, 6.45) is 7.13. The van der Waals surface area contributed by atoms with Gasteiger partial charge in [0.2, 0.25) is 0 Å². The van der Waals surface area contributed by atoms with Crippen molar-refractivity contribution >= 4 is 21.9 Å². The number of benzene rings is 1. The van der Waals surface area contributed by atoms with Crippen LogP contribution in [-0.2, 0) is 10.0 Å². The minimum Gasteiger partial charge on any atom is -0.258 e. The normalized spacial score (nSPS) is 16.8. The van der Waals surface area contributed by atoms with Gasteiger partial charge in [0.1, 0.15) is 0 Å². The third kappa shape index (κ3) is 4.03. The largest absolute Gasteiger partial charge is 0.276 e. The molecule has 0 radical (unpaired) electrons. The number of nitrogens with zero attached hydrogens (tertiary/aromatic N) is 2. The maximum Gasteiger partial charge on any atom is 0.276 e. The van der Waals surface area contributed by atoms with E-state index in [1.807, 2.05) is 0 Å². The predicted octanol–water partition coefficient (Wildman–Crippen LogP) is 2.75. The van der Waals surface area contributed by atoms with Gasteiger partial charge in [-0.2, -0.15) is 13.5 Å². The molecule has 1 aliphatic carbocycles. The van der Waals surface area contributed by atoms with Crippen molar-refractivity contribution in [2.45, 2.75) is 43.9 Å². The van der Waals surface area contributed by atoms with Gasteiger partial charge in [0, 0.05) is 17.8 Å². The minimum atomic E-state index is -3.89. The summed E-state index contributed by atoms with van der Waals surface area (Å²) in [7, 11) is -3.89. The molecule has 7 nitrogen and oxygen atoms in total. The van der Waals surface area contributed by atoms with E-state index in [0.717, 1.165) is 31.7 Å². The van der Waals surface area contributed by atoms with Crippen LogP contribution in [0.25, 0.3) is 0 Å². The third-order valence-electron chi connectivity index (χ3n) is 3.80. The molecular formula is C14H19N3O4S. The highest BCUT2D eigenvalue weighted by atomic mass is 32.2. The molecule has 1 aromatic carbocycles. The Morgan fingerprint density at radius 1 is 1.32 bits per heavy atom. The van der Waals surface area contributed by atoms with Gasteiger partial charge in [0.05, 0.1) is 9.82 Å². The standard InChI is InChI=1S/C14H19N3O4S/c1-11-7-8-13(9-14(11)17(18)19)22(20,21)16-15-10-12-5-3-2-4-6-12/h7-10,12,16H,2-6H2,1H3/b15-10+. The summed E-state index contributed by atoms with van der Waals surface area (Å²) >= 11 is 0. The first-order valence-corrected chi connectivity index (χ1v) is 8.68. The predicted molar refractivity (Wildman–Crippen MR) is 83.2 cm³/mol. The average Bonchev–Trinajstić information content (AvgIpc) is 2.48. The quantitative estimate of drug-likeness (QED) is 0.511. The molecular weight excluding hydrogens is 306 g/mol. The summed E-state index contributed by atoms with van der Waals surface area (Å²) in [5, 5.41) is 14.7. The summed E-state index contributed by atoms with van der Waals surface area (Å²) in [6, 6.07) is 3.80. The van der Waals surface area contributed by atoms with E-state index in [-0.39, 0.29) is 10.6 Å². The molecule has 0 aliphatic heterocycles. The molecule has 0 heterocycles. The highest BCUT2D eigenvalue weighted by molar-refractivity contribution is 7.89. The summed E-state index contributed by atoms with van der Waals surface area (Å²) in [6.45, 7) is 1.56. The first-order chi connectivity index (χ1) is 10.4. The molecule has 0 saturated heterocycles. The van der Waals surface area contributed by atoms with Crippen LogP contribution in [0.5, 0.6) is 0 Å². The number of hydrazone groups is 1. The Kier molecular flexibility index (Phi) is 5.12. The fourth-order valence-electron chi connectivity index (χ4n) is 2.49. The van der Waals surface area contributed by atoms with Gasteiger partial charge >= 0.3 is 0 Å². The Hall–Kier alpha value is -1.96. The van der Waals surface area contributed by atoms with Gasteiger partial charge in [0.25, 0.3) is 15.7 Å². The molecule has 0 bridgehead atoms. The Morgan fingerprint density at radius 2 is 2.00 bits per heavy atom. The average molecular weight is 325 g/mol. The molecule has 120 valence electrons. The Labute approximate surface area is 129 Å². The van der Waals surface area contributed by atoms with Crippen LogP contribution in [0.15, 0.2) is 28.2 Å². The van der Waals surface area contributed by atoms with Crippen LogP contribution in [0.3, 0.4) is 0 Å². The van der Waals surface area contributed by atoms with Crippen molar-refractivity contribution in [1.82, 2.24) is 4.83 Å². The lowest BCUT2D eigenvalue weighted by atomic mass is 9.90. The maximum atomic E-state index is 12.1. The van der Waals surface area contributed by atoms with E-state index in [1.165, 1.54) is 18.6 Å². The van der Waals surface area contributed by atoms with E-state index in [2.05, 4.69) is 9.93 Å². The number of nitro benzene ring substituents is 1. The maximum absolute atomic E-state index is 12.1. The Balaban J connectivity index is 2.11. The lowest BCUT2D eigenvalue weighted by Crippen LogP contribution is -2.20. The van der Waals surface area contributed by atoms with Gasteiger partial charge in [-0.05, 0) is 31.7 Å². The lowest BCUT2D eigenvalue weighted by molar-refractivity contribution is -0.385. The zero-order chi connectivity index (χ0) is 16.2. The summed E-state index contributed by atoms with van der Waals surface area (Å²) < 4.78 is 24.2. The topological polar surface area (TPSA) is 102 Å². The molecule has 1 saturated carbocycles. The number of hydrogen-bond donors (Lipinski definition) is 1. The van der Waals surface area contributed by atoms with Crippen molar-refractivity contribution in [3.05, 3.63) is 33.9 Å². The van der Waals surface area contributed by atoms with E-state index in [0.29, 0.717) is 11.5 Å². The smallest absolute Gasteiger partial charge is 0.258 e. The molecule has 22 heavy (non-hydrogen) atoms. The number of aryl methyl sites for hydroxylation is 1. The number of sulfonamides is 1. The molecule has 1 fully saturated rings. The van der Waals surface area contributed by atoms with E-state index in [1.54, 1.807) is 13.1 Å². The summed E-state index contributed by atoms with van der Waals surface area (Å²) in [4.78, 5) is 12.3. The van der Waals surface area contributed by atoms with Crippen LogP contribution in [0.4, 0.5) is 5.69 Å². The second kappa shape index (κ2) is 6.87. The van der Waals surface area contributed by atoms with Gasteiger partial charge in [-0.25, -0.2) is 4.83 Å². The van der Waals surface area contributed by atoms with Crippen molar-refractivity contribution in [2.24, 2.45) is 11.0 Å². The van der Waals surface area contributed by atoms with E-state index >= 15 is 0 Å². The highest BCUT2D eigenvalue weighted by Crippen LogP contribution is 2.23. The molecule has 0 spiro atoms. The van der Waals surface area contributed by atoms with Gasteiger partial charge in [0.15, 0.2) is 0 Å². The monoisotopic (exact) mass is 325 g/mol. The van der Waals surface area contributed by atoms with Crippen molar-refractivity contribution in [3.63, 3.8) is 0 Å². The Morgan fingerprint density at radius 3 is 2.64 bits per heavy atom. The summed E-state index contributed by atoms with van der Waals surface area (Å²) in [5.74, 6) is 0.295. The molecule has 1 N–H and O–H groups in total. The van der Waals surface area contributed by atoms with Crippen molar-refractivity contribution in [3.8, 4) is 0 Å². The molecule has 0 aromatic heterocycles. The first kappa shape index (κ1) is 16.4. The second-order valence-electron chi connectivity index (χ2n) is 5.48. The number of nitrogens with one attached hydrogen (secondary N) is 1. The van der Waals surface area contributed by atoms with Gasteiger partial charge < -0.3 is 0 Å². The van der Waals surface area contributed by atoms with Gasteiger partial charge in [-0.1, -0.05) is 25.3 Å². The zero-order valence-electron chi connectivity index (χ0n) is 12.4. The van der Waals surface area contributed by atoms with E-state index in [4.69, 9.17) is 0 Å². The number of nitro groups is 1. The van der Waals surface area contributed by atoms with Crippen LogP contribution < -0.4 is 4.83 Å². The zero-order valence-corrected chi connectivity index (χ0v) is 13.2. The van der Waals surface area contributed by atoms with E-state index < -0.39 is 14.9 Å². The van der Waals surface area contributed by atoms with Crippen molar-refractivity contribution in [2.75, 3.05) is 0 Å². The third-order valence-corrected chi connectivity index (χ3v) is 5.02. The lowest BCUT2D eigenvalue weighted by Gasteiger charge is -2.16. The van der Waals surface area contributed by atoms with Crippen LogP contribution in [0, 0.1) is 23.0 Å². The highest BCUT2D eigenvalue weighted by Gasteiger charge is 2.19. The fraction of sp³-hybridized carbons (Fsp3) is 0.500. The number of hydrogen-bond acceptors (Lipinski definition) is 5. The van der Waals surface area contributed by atoms with Crippen LogP contribution in [0.1, 0.15) is 37.7 Å². The van der Waals surface area contributed by atoms with Crippen molar-refractivity contribution in [1.29, 1.82) is 0 Å². The number of rotatable bonds is 5. The molecule has 1 aliphatic rings. The second-order valence-corrected chi connectivity index (χ2v) is 7.14. The molecule has 0 amide bonds. The van der Waals surface area contributed by atoms with Gasteiger partial charge in [-0.3, -0.25) is 10.1 Å². The molecule has 0 atom stereocenters. The molecule has 2 rings (SSSR count). The summed E-state index contributed by atoms with van der Waals surface area (Å²) in [5.41, 5.74) is 0.189. The first-order valence-electron chi connectivity index (χ1n) is 7.20. The van der Waals surface area contributed by atoms with Crippen LogP contribution in [0.2, 0.25) is 0 Å². The van der Waals surface area contributed by atoms with Crippen LogP contribution in [-0.4, -0.2) is 19.6 Å². The van der Waals surface area contributed by atoms with Crippen LogP contribution >= 0.6 is 0 Å². The molecule has 1 aromatic rings. The van der Waals surface area contributed by atoms with Gasteiger partial charge in [-0.15, -0.1) is 0 Å².